The summed E-state index contributed by atoms with van der Waals surface area (Å²) in [4.78, 5) is 12.2. The van der Waals surface area contributed by atoms with Gasteiger partial charge < -0.3 is 29.7 Å². The van der Waals surface area contributed by atoms with Gasteiger partial charge in [-0.05, 0) is 75.4 Å². The lowest BCUT2D eigenvalue weighted by Gasteiger charge is -2.32. The Kier molecular flexibility index (Phi) is 10.4. The van der Waals surface area contributed by atoms with Crippen molar-refractivity contribution in [3.05, 3.63) is 88.9 Å². The van der Waals surface area contributed by atoms with Crippen molar-refractivity contribution in [3.8, 4) is 17.2 Å². The molecule has 3 N–H and O–H groups in total. The highest BCUT2D eigenvalue weighted by atomic mass is 35.5. The van der Waals surface area contributed by atoms with Crippen molar-refractivity contribution in [3.63, 3.8) is 0 Å². The lowest BCUT2D eigenvalue weighted by Crippen LogP contribution is -2.55. The molecule has 0 saturated carbocycles. The summed E-state index contributed by atoms with van der Waals surface area (Å²) in [6.45, 7) is 4.87. The average Bonchev–Trinajstić information content (AvgIpc) is 2.88. The highest BCUT2D eigenvalue weighted by Crippen LogP contribution is 2.30. The second kappa shape index (κ2) is 13.5. The van der Waals surface area contributed by atoms with Crippen LogP contribution in [0.4, 0.5) is 4.79 Å². The summed E-state index contributed by atoms with van der Waals surface area (Å²) in [7, 11) is 0. The van der Waals surface area contributed by atoms with Crippen LogP contribution in [0.1, 0.15) is 44.7 Å². The van der Waals surface area contributed by atoms with Crippen LogP contribution in [0.25, 0.3) is 0 Å². The van der Waals surface area contributed by atoms with Crippen LogP contribution in [0, 0.1) is 0 Å². The molecule has 0 aromatic heterocycles. The zero-order valence-electron chi connectivity index (χ0n) is 22.1. The fourth-order valence-electron chi connectivity index (χ4n) is 3.79. The number of hydrogen-bond donors (Lipinski definition) is 3. The van der Waals surface area contributed by atoms with E-state index in [0.717, 1.165) is 11.1 Å². The van der Waals surface area contributed by atoms with Crippen LogP contribution in [0.15, 0.2) is 72.8 Å². The topological polar surface area (TPSA) is 97.3 Å². The first kappa shape index (κ1) is 29.3. The molecular weight excluding hydrogens is 506 g/mol. The summed E-state index contributed by atoms with van der Waals surface area (Å²) in [5.41, 5.74) is 0.0954. The lowest BCUT2D eigenvalue weighted by atomic mass is 9.93. The number of carbonyl (C=O) groups excluding carboxylic acids is 1. The van der Waals surface area contributed by atoms with Gasteiger partial charge in [0.15, 0.2) is 0 Å². The van der Waals surface area contributed by atoms with Gasteiger partial charge in [-0.25, -0.2) is 4.79 Å². The number of alkyl carbamates (subject to hydrolysis) is 1. The molecule has 0 atom stereocenters. The third-order valence-electron chi connectivity index (χ3n) is 5.79. The Morgan fingerprint density at radius 3 is 2.24 bits per heavy atom. The van der Waals surface area contributed by atoms with Gasteiger partial charge in [0.05, 0.1) is 18.8 Å². The second-order valence-corrected chi connectivity index (χ2v) is 10.6. The van der Waals surface area contributed by atoms with Gasteiger partial charge in [-0.15, -0.1) is 0 Å². The zero-order chi connectivity index (χ0) is 27.6. The Bertz CT molecular complexity index is 1170. The molecule has 3 aromatic rings. The fraction of sp³-hybridized carbons (Fsp3) is 0.367. The number of aliphatic hydroxyl groups is 2. The Labute approximate surface area is 229 Å². The molecule has 0 heterocycles. The Morgan fingerprint density at radius 2 is 1.58 bits per heavy atom. The highest BCUT2D eigenvalue weighted by molar-refractivity contribution is 6.31. The molecule has 0 fully saturated rings. The highest BCUT2D eigenvalue weighted by Gasteiger charge is 2.32. The zero-order valence-corrected chi connectivity index (χ0v) is 22.8. The van der Waals surface area contributed by atoms with Crippen LogP contribution in [-0.2, 0) is 17.8 Å². The van der Waals surface area contributed by atoms with Gasteiger partial charge >= 0.3 is 6.09 Å². The van der Waals surface area contributed by atoms with Gasteiger partial charge in [-0.2, -0.15) is 0 Å². The van der Waals surface area contributed by atoms with Crippen LogP contribution in [0.2, 0.25) is 5.02 Å². The molecule has 7 nitrogen and oxygen atoms in total. The Balaban J connectivity index is 1.55. The molecule has 0 aliphatic carbocycles. The summed E-state index contributed by atoms with van der Waals surface area (Å²) >= 11 is 6.53. The van der Waals surface area contributed by atoms with Crippen molar-refractivity contribution < 1.29 is 29.2 Å². The molecule has 0 aliphatic rings. The first-order valence-corrected chi connectivity index (χ1v) is 13.0. The van der Waals surface area contributed by atoms with E-state index in [4.69, 9.17) is 25.8 Å². The van der Waals surface area contributed by atoms with E-state index in [1.165, 1.54) is 0 Å². The van der Waals surface area contributed by atoms with Crippen molar-refractivity contribution in [2.45, 2.75) is 57.8 Å². The van der Waals surface area contributed by atoms with Crippen molar-refractivity contribution in [2.24, 2.45) is 0 Å². The average molecular weight is 542 g/mol. The number of aliphatic hydroxyl groups excluding tert-OH is 2. The predicted molar refractivity (Wildman–Crippen MR) is 148 cm³/mol. The van der Waals surface area contributed by atoms with Crippen LogP contribution in [-0.4, -0.2) is 40.7 Å². The first-order valence-electron chi connectivity index (χ1n) is 12.6. The summed E-state index contributed by atoms with van der Waals surface area (Å²) in [6.07, 6.45) is 0.802. The van der Waals surface area contributed by atoms with E-state index >= 15 is 0 Å². The van der Waals surface area contributed by atoms with Gasteiger partial charge in [0.2, 0.25) is 0 Å². The molecular formula is C30H36ClNO6. The van der Waals surface area contributed by atoms with Crippen LogP contribution in [0.5, 0.6) is 17.2 Å². The largest absolute Gasteiger partial charge is 0.489 e. The second-order valence-electron chi connectivity index (χ2n) is 10.2. The van der Waals surface area contributed by atoms with E-state index in [-0.39, 0.29) is 0 Å². The number of ether oxygens (including phenoxy) is 3. The van der Waals surface area contributed by atoms with Gasteiger partial charge in [0.1, 0.15) is 29.5 Å². The van der Waals surface area contributed by atoms with Gasteiger partial charge in [0.25, 0.3) is 0 Å². The number of halogens is 1. The van der Waals surface area contributed by atoms with Crippen molar-refractivity contribution in [2.75, 3.05) is 13.2 Å². The fourth-order valence-corrected chi connectivity index (χ4v) is 4.05. The normalized spacial score (nSPS) is 11.6. The molecule has 0 unspecified atom stereocenters. The van der Waals surface area contributed by atoms with E-state index in [1.807, 2.05) is 66.7 Å². The molecule has 8 heteroatoms. The maximum Gasteiger partial charge on any atom is 0.408 e. The Morgan fingerprint density at radius 1 is 0.895 bits per heavy atom. The summed E-state index contributed by atoms with van der Waals surface area (Å²) in [5.74, 6) is 1.92. The smallest absolute Gasteiger partial charge is 0.408 e. The Hall–Kier alpha value is -3.26. The van der Waals surface area contributed by atoms with Crippen molar-refractivity contribution in [1.82, 2.24) is 5.32 Å². The minimum atomic E-state index is -1.19. The van der Waals surface area contributed by atoms with Gasteiger partial charge in [-0.3, -0.25) is 0 Å². The summed E-state index contributed by atoms with van der Waals surface area (Å²) in [6, 6.07) is 22.8. The summed E-state index contributed by atoms with van der Waals surface area (Å²) < 4.78 is 17.1. The standard InChI is InChI=1S/C30H36ClNO6/c1-29(2,3)38-28(35)32-30(20-33,21-34)16-8-11-23-14-15-26(18-27(23)31)37-25-13-7-12-24(17-25)36-19-22-9-5-4-6-10-22/h4-7,9-10,12-15,17-18,33-34H,8,11,16,19-21H2,1-3H3,(H,32,35). The van der Waals surface area contributed by atoms with Crippen LogP contribution < -0.4 is 14.8 Å². The molecule has 3 rings (SSSR count). The number of benzene rings is 3. The van der Waals surface area contributed by atoms with E-state index in [2.05, 4.69) is 5.32 Å². The van der Waals surface area contributed by atoms with E-state index in [1.54, 1.807) is 26.8 Å². The molecule has 3 aromatic carbocycles. The third-order valence-corrected chi connectivity index (χ3v) is 6.14. The maximum atomic E-state index is 12.2. The quantitative estimate of drug-likeness (QED) is 0.249. The molecule has 0 bridgehead atoms. The van der Waals surface area contributed by atoms with Crippen molar-refractivity contribution >= 4 is 17.7 Å². The predicted octanol–water partition coefficient (Wildman–Crippen LogP) is 6.28. The molecule has 1 amide bonds. The number of carbonyl (C=O) groups is 1. The minimum Gasteiger partial charge on any atom is -0.489 e. The van der Waals surface area contributed by atoms with E-state index in [0.29, 0.717) is 48.1 Å². The lowest BCUT2D eigenvalue weighted by molar-refractivity contribution is 0.0271. The number of amides is 1. The van der Waals surface area contributed by atoms with E-state index < -0.39 is 30.4 Å². The first-order chi connectivity index (χ1) is 18.1. The molecule has 0 radical (unpaired) electrons. The third kappa shape index (κ3) is 9.24. The number of rotatable bonds is 12. The minimum absolute atomic E-state index is 0.337. The molecule has 204 valence electrons. The number of hydrogen-bond acceptors (Lipinski definition) is 6. The monoisotopic (exact) mass is 541 g/mol. The van der Waals surface area contributed by atoms with Gasteiger partial charge in [0, 0.05) is 11.1 Å². The molecule has 0 aliphatic heterocycles. The number of nitrogens with one attached hydrogen (secondary N) is 1. The molecule has 0 saturated heterocycles. The SMILES string of the molecule is CC(C)(C)OC(=O)NC(CO)(CO)CCCc1ccc(Oc2cccc(OCc3ccccc3)c2)cc1Cl. The molecule has 0 spiro atoms. The summed E-state index contributed by atoms with van der Waals surface area (Å²) in [5, 5.41) is 22.9. The van der Waals surface area contributed by atoms with Crippen LogP contribution >= 0.6 is 11.6 Å². The molecule has 38 heavy (non-hydrogen) atoms. The van der Waals surface area contributed by atoms with Crippen LogP contribution in [0.3, 0.4) is 0 Å². The number of aryl methyl sites for hydroxylation is 1. The maximum absolute atomic E-state index is 12.2. The van der Waals surface area contributed by atoms with E-state index in [9.17, 15) is 15.0 Å². The van der Waals surface area contributed by atoms with Gasteiger partial charge in [-0.1, -0.05) is 54.1 Å². The van der Waals surface area contributed by atoms with Crippen molar-refractivity contribution in [1.29, 1.82) is 0 Å².